The van der Waals surface area contributed by atoms with Gasteiger partial charge in [-0.05, 0) is 37.1 Å². The maximum atomic E-state index is 5.95. The van der Waals surface area contributed by atoms with Crippen molar-refractivity contribution in [3.63, 3.8) is 0 Å². The third-order valence-corrected chi connectivity index (χ3v) is 5.38. The number of ether oxygens (including phenoxy) is 1. The van der Waals surface area contributed by atoms with Gasteiger partial charge in [-0.25, -0.2) is 0 Å². The van der Waals surface area contributed by atoms with Crippen molar-refractivity contribution >= 4 is 0 Å². The Labute approximate surface area is 142 Å². The van der Waals surface area contributed by atoms with Gasteiger partial charge in [-0.2, -0.15) is 5.10 Å². The molecule has 128 valence electrons. The normalized spacial score (nSPS) is 23.6. The van der Waals surface area contributed by atoms with Crippen LogP contribution in [-0.2, 0) is 17.9 Å². The number of aromatic amines is 1. The van der Waals surface area contributed by atoms with Crippen molar-refractivity contribution in [3.8, 4) is 0 Å². The molecule has 0 saturated carbocycles. The summed E-state index contributed by atoms with van der Waals surface area (Å²) in [6, 6.07) is 4.03. The molecule has 2 fully saturated rings. The fourth-order valence-corrected chi connectivity index (χ4v) is 4.16. The number of H-pyrrole nitrogens is 1. The summed E-state index contributed by atoms with van der Waals surface area (Å²) in [4.78, 5) is 9.08. The van der Waals surface area contributed by atoms with Gasteiger partial charge < -0.3 is 4.74 Å². The van der Waals surface area contributed by atoms with Crippen molar-refractivity contribution in [2.45, 2.75) is 25.1 Å². The zero-order chi connectivity index (χ0) is 16.4. The minimum absolute atomic E-state index is 0.356. The molecule has 2 aromatic rings. The molecule has 2 aliphatic rings. The van der Waals surface area contributed by atoms with Gasteiger partial charge in [0.25, 0.3) is 0 Å². The van der Waals surface area contributed by atoms with E-state index in [1.165, 1.54) is 17.5 Å². The SMILES string of the molecule is CN1CC(COCc2ccncc2)CC12CN(Cc1cn[nH]c1)C2. The van der Waals surface area contributed by atoms with E-state index in [-0.39, 0.29) is 0 Å². The first-order valence-corrected chi connectivity index (χ1v) is 8.61. The standard InChI is InChI=1S/C18H25N5O/c1-22-9-16(12-24-11-15-2-4-19-5-3-15)6-18(22)13-23(14-18)10-17-7-20-21-8-17/h2-5,7-8,16H,6,9-14H2,1H3,(H,20,21). The molecule has 6 nitrogen and oxygen atoms in total. The molecule has 2 aromatic heterocycles. The average Bonchev–Trinajstić information content (AvgIpc) is 3.17. The molecule has 4 heterocycles. The summed E-state index contributed by atoms with van der Waals surface area (Å²) in [6.45, 7) is 5.95. The number of likely N-dealkylation sites (N-methyl/N-ethyl adjacent to an activating group) is 1. The van der Waals surface area contributed by atoms with Crippen molar-refractivity contribution in [2.75, 3.05) is 33.3 Å². The number of hydrogen-bond acceptors (Lipinski definition) is 5. The van der Waals surface area contributed by atoms with E-state index in [2.05, 4.69) is 32.0 Å². The third-order valence-electron chi connectivity index (χ3n) is 5.38. The van der Waals surface area contributed by atoms with Gasteiger partial charge >= 0.3 is 0 Å². The minimum atomic E-state index is 0.356. The summed E-state index contributed by atoms with van der Waals surface area (Å²) in [5, 5.41) is 6.92. The number of likely N-dealkylation sites (tertiary alicyclic amines) is 2. The lowest BCUT2D eigenvalue weighted by atomic mass is 9.84. The fourth-order valence-electron chi connectivity index (χ4n) is 4.16. The highest BCUT2D eigenvalue weighted by molar-refractivity contribution is 5.12. The van der Waals surface area contributed by atoms with Crippen molar-refractivity contribution in [1.29, 1.82) is 0 Å². The second kappa shape index (κ2) is 6.63. The van der Waals surface area contributed by atoms with Gasteiger partial charge in [0.2, 0.25) is 0 Å². The lowest BCUT2D eigenvalue weighted by Gasteiger charge is -2.52. The number of rotatable bonds is 6. The lowest BCUT2D eigenvalue weighted by molar-refractivity contribution is -0.0226. The highest BCUT2D eigenvalue weighted by Crippen LogP contribution is 2.40. The van der Waals surface area contributed by atoms with Crippen LogP contribution in [0.3, 0.4) is 0 Å². The van der Waals surface area contributed by atoms with Crippen molar-refractivity contribution in [2.24, 2.45) is 5.92 Å². The number of hydrogen-bond donors (Lipinski definition) is 1. The molecule has 0 amide bonds. The summed E-state index contributed by atoms with van der Waals surface area (Å²) in [5.74, 6) is 0.632. The molecule has 0 radical (unpaired) electrons. The zero-order valence-corrected chi connectivity index (χ0v) is 14.2. The van der Waals surface area contributed by atoms with Gasteiger partial charge in [0.05, 0.1) is 19.4 Å². The maximum Gasteiger partial charge on any atom is 0.0718 e. The number of pyridine rings is 1. The van der Waals surface area contributed by atoms with Crippen LogP contribution >= 0.6 is 0 Å². The summed E-state index contributed by atoms with van der Waals surface area (Å²) in [7, 11) is 2.26. The second-order valence-corrected chi connectivity index (χ2v) is 7.30. The zero-order valence-electron chi connectivity index (χ0n) is 14.2. The first kappa shape index (κ1) is 15.7. The molecule has 6 heteroatoms. The summed E-state index contributed by atoms with van der Waals surface area (Å²) in [6.07, 6.45) is 8.78. The van der Waals surface area contributed by atoms with Gasteiger partial charge in [0, 0.05) is 55.9 Å². The molecule has 0 aliphatic carbocycles. The molecule has 24 heavy (non-hydrogen) atoms. The van der Waals surface area contributed by atoms with Crippen molar-refractivity contribution in [3.05, 3.63) is 48.0 Å². The van der Waals surface area contributed by atoms with Crippen LogP contribution in [0.5, 0.6) is 0 Å². The minimum Gasteiger partial charge on any atom is -0.376 e. The number of nitrogens with zero attached hydrogens (tertiary/aromatic N) is 4. The number of nitrogens with one attached hydrogen (secondary N) is 1. The Kier molecular flexibility index (Phi) is 4.35. The molecule has 1 spiro atoms. The van der Waals surface area contributed by atoms with Crippen LogP contribution in [-0.4, -0.2) is 63.8 Å². The molecular formula is C18H25N5O. The van der Waals surface area contributed by atoms with Crippen LogP contribution in [0.2, 0.25) is 0 Å². The van der Waals surface area contributed by atoms with Crippen LogP contribution in [0, 0.1) is 5.92 Å². The van der Waals surface area contributed by atoms with E-state index in [0.717, 1.165) is 32.8 Å². The maximum absolute atomic E-state index is 5.95. The summed E-state index contributed by atoms with van der Waals surface area (Å²) >= 11 is 0. The van der Waals surface area contributed by atoms with Gasteiger partial charge in [-0.3, -0.25) is 19.9 Å². The molecule has 1 unspecified atom stereocenters. The predicted molar refractivity (Wildman–Crippen MR) is 91.2 cm³/mol. The Morgan fingerprint density at radius 1 is 1.29 bits per heavy atom. The van der Waals surface area contributed by atoms with Gasteiger partial charge in [-0.1, -0.05) is 0 Å². The van der Waals surface area contributed by atoms with Crippen molar-refractivity contribution in [1.82, 2.24) is 25.0 Å². The van der Waals surface area contributed by atoms with Crippen LogP contribution in [0.4, 0.5) is 0 Å². The third kappa shape index (κ3) is 3.22. The molecule has 2 aliphatic heterocycles. The fraction of sp³-hybridized carbons (Fsp3) is 0.556. The Morgan fingerprint density at radius 3 is 2.88 bits per heavy atom. The van der Waals surface area contributed by atoms with Crippen LogP contribution in [0.25, 0.3) is 0 Å². The highest BCUT2D eigenvalue weighted by atomic mass is 16.5. The predicted octanol–water partition coefficient (Wildman–Crippen LogP) is 1.53. The van der Waals surface area contributed by atoms with E-state index in [4.69, 9.17) is 4.74 Å². The molecule has 0 bridgehead atoms. The molecule has 4 rings (SSSR count). The Balaban J connectivity index is 1.23. The van der Waals surface area contributed by atoms with Gasteiger partial charge in [-0.15, -0.1) is 0 Å². The molecule has 0 aromatic carbocycles. The van der Waals surface area contributed by atoms with E-state index < -0.39 is 0 Å². The average molecular weight is 327 g/mol. The van der Waals surface area contributed by atoms with E-state index in [0.29, 0.717) is 18.1 Å². The first-order chi connectivity index (χ1) is 11.7. The number of aromatic nitrogens is 3. The quantitative estimate of drug-likeness (QED) is 0.872. The Hall–Kier alpha value is -1.76. The van der Waals surface area contributed by atoms with E-state index >= 15 is 0 Å². The monoisotopic (exact) mass is 327 g/mol. The summed E-state index contributed by atoms with van der Waals surface area (Å²) in [5.41, 5.74) is 2.82. The summed E-state index contributed by atoms with van der Waals surface area (Å²) < 4.78 is 5.95. The van der Waals surface area contributed by atoms with E-state index in [1.807, 2.05) is 36.9 Å². The first-order valence-electron chi connectivity index (χ1n) is 8.61. The Bertz CT molecular complexity index is 639. The second-order valence-electron chi connectivity index (χ2n) is 7.30. The molecule has 2 saturated heterocycles. The molecule has 1 atom stereocenters. The largest absolute Gasteiger partial charge is 0.376 e. The van der Waals surface area contributed by atoms with Crippen LogP contribution in [0.1, 0.15) is 17.5 Å². The highest BCUT2D eigenvalue weighted by Gasteiger charge is 2.51. The van der Waals surface area contributed by atoms with Crippen LogP contribution < -0.4 is 0 Å². The Morgan fingerprint density at radius 2 is 2.12 bits per heavy atom. The van der Waals surface area contributed by atoms with E-state index in [9.17, 15) is 0 Å². The molecular weight excluding hydrogens is 302 g/mol. The van der Waals surface area contributed by atoms with Crippen LogP contribution in [0.15, 0.2) is 36.9 Å². The smallest absolute Gasteiger partial charge is 0.0718 e. The lowest BCUT2D eigenvalue weighted by Crippen LogP contribution is -2.66. The van der Waals surface area contributed by atoms with Gasteiger partial charge in [0.15, 0.2) is 0 Å². The van der Waals surface area contributed by atoms with E-state index in [1.54, 1.807) is 0 Å². The van der Waals surface area contributed by atoms with Gasteiger partial charge in [0.1, 0.15) is 0 Å². The van der Waals surface area contributed by atoms with Crippen molar-refractivity contribution < 1.29 is 4.74 Å². The topological polar surface area (TPSA) is 57.3 Å². The molecule has 1 N–H and O–H groups in total.